The average Bonchev–Trinajstić information content (AvgIpc) is 3.22. The molecule has 1 aliphatic heterocycles. The Bertz CT molecular complexity index is 768. The van der Waals surface area contributed by atoms with E-state index in [1.165, 1.54) is 5.01 Å². The van der Waals surface area contributed by atoms with Gasteiger partial charge in [0.05, 0.1) is 18.7 Å². The molecule has 0 saturated heterocycles. The van der Waals surface area contributed by atoms with Gasteiger partial charge in [0.1, 0.15) is 11.5 Å². The van der Waals surface area contributed by atoms with Gasteiger partial charge in [0, 0.05) is 17.9 Å². The molecular formula is C17H15ClN2O4. The van der Waals surface area contributed by atoms with Crippen LogP contribution in [0.5, 0.6) is 0 Å². The predicted molar refractivity (Wildman–Crippen MR) is 87.8 cm³/mol. The van der Waals surface area contributed by atoms with Crippen LogP contribution in [0.1, 0.15) is 36.6 Å². The first-order valence-electron chi connectivity index (χ1n) is 7.45. The SMILES string of the molecule is O=C(O)CCC(=O)N1N=C(c2ccco2)C[C@H]1c1ccc(Cl)cc1. The van der Waals surface area contributed by atoms with Crippen molar-refractivity contribution in [3.8, 4) is 0 Å². The Morgan fingerprint density at radius 3 is 2.62 bits per heavy atom. The smallest absolute Gasteiger partial charge is 0.303 e. The number of benzene rings is 1. The van der Waals surface area contributed by atoms with Crippen LogP contribution in [0.4, 0.5) is 0 Å². The summed E-state index contributed by atoms with van der Waals surface area (Å²) in [6, 6.07) is 10.4. The van der Waals surface area contributed by atoms with E-state index in [1.54, 1.807) is 30.5 Å². The lowest BCUT2D eigenvalue weighted by molar-refractivity contribution is -0.141. The topological polar surface area (TPSA) is 83.1 Å². The van der Waals surface area contributed by atoms with Crippen molar-refractivity contribution >= 4 is 29.2 Å². The zero-order valence-corrected chi connectivity index (χ0v) is 13.4. The number of hydrazone groups is 1. The number of rotatable bonds is 5. The highest BCUT2D eigenvalue weighted by atomic mass is 35.5. The normalized spacial score (nSPS) is 17.0. The highest BCUT2D eigenvalue weighted by Crippen LogP contribution is 2.34. The van der Waals surface area contributed by atoms with Gasteiger partial charge in [0.25, 0.3) is 0 Å². The molecule has 1 aromatic heterocycles. The first-order chi connectivity index (χ1) is 11.5. The second-order valence-electron chi connectivity index (χ2n) is 5.43. The number of furan rings is 1. The molecule has 6 nitrogen and oxygen atoms in total. The predicted octanol–water partition coefficient (Wildman–Crippen LogP) is 3.48. The lowest BCUT2D eigenvalue weighted by Crippen LogP contribution is -2.27. The van der Waals surface area contributed by atoms with Crippen LogP contribution in [0, 0.1) is 0 Å². The molecule has 0 unspecified atom stereocenters. The van der Waals surface area contributed by atoms with Gasteiger partial charge < -0.3 is 9.52 Å². The molecule has 0 saturated carbocycles. The lowest BCUT2D eigenvalue weighted by Gasteiger charge is -2.21. The van der Waals surface area contributed by atoms with Gasteiger partial charge in [-0.1, -0.05) is 23.7 Å². The minimum Gasteiger partial charge on any atom is -0.481 e. The van der Waals surface area contributed by atoms with Crippen molar-refractivity contribution in [2.24, 2.45) is 5.10 Å². The maximum atomic E-state index is 12.4. The van der Waals surface area contributed by atoms with Crippen LogP contribution in [0.3, 0.4) is 0 Å². The van der Waals surface area contributed by atoms with E-state index in [0.29, 0.717) is 22.9 Å². The maximum Gasteiger partial charge on any atom is 0.303 e. The molecule has 1 amide bonds. The molecule has 0 spiro atoms. The van der Waals surface area contributed by atoms with Gasteiger partial charge in [0.2, 0.25) is 5.91 Å². The minimum atomic E-state index is -1.01. The summed E-state index contributed by atoms with van der Waals surface area (Å²) in [5.41, 5.74) is 1.54. The molecule has 1 aliphatic rings. The second kappa shape index (κ2) is 6.88. The molecular weight excluding hydrogens is 332 g/mol. The fourth-order valence-corrected chi connectivity index (χ4v) is 2.73. The number of amides is 1. The molecule has 0 aliphatic carbocycles. The monoisotopic (exact) mass is 346 g/mol. The van der Waals surface area contributed by atoms with Gasteiger partial charge in [-0.3, -0.25) is 9.59 Å². The van der Waals surface area contributed by atoms with Gasteiger partial charge in [-0.2, -0.15) is 5.10 Å². The number of halogens is 1. The van der Waals surface area contributed by atoms with Gasteiger partial charge >= 0.3 is 5.97 Å². The minimum absolute atomic E-state index is 0.103. The Labute approximate surface area is 143 Å². The number of hydrogen-bond donors (Lipinski definition) is 1. The molecule has 0 bridgehead atoms. The van der Waals surface area contributed by atoms with E-state index in [4.69, 9.17) is 21.1 Å². The molecule has 24 heavy (non-hydrogen) atoms. The number of carboxylic acid groups (broad SMARTS) is 1. The summed E-state index contributed by atoms with van der Waals surface area (Å²) in [6.07, 6.45) is 1.71. The Hall–Kier alpha value is -2.60. The van der Waals surface area contributed by atoms with Crippen molar-refractivity contribution in [1.82, 2.24) is 5.01 Å². The first-order valence-corrected chi connectivity index (χ1v) is 7.83. The van der Waals surface area contributed by atoms with E-state index in [9.17, 15) is 9.59 Å². The van der Waals surface area contributed by atoms with E-state index in [1.807, 2.05) is 12.1 Å². The molecule has 0 radical (unpaired) electrons. The van der Waals surface area contributed by atoms with Crippen molar-refractivity contribution in [1.29, 1.82) is 0 Å². The van der Waals surface area contributed by atoms with E-state index < -0.39 is 5.97 Å². The molecule has 1 aromatic carbocycles. The summed E-state index contributed by atoms with van der Waals surface area (Å²) in [5, 5.41) is 15.1. The van der Waals surface area contributed by atoms with E-state index in [2.05, 4.69) is 5.10 Å². The van der Waals surface area contributed by atoms with Gasteiger partial charge in [-0.15, -0.1) is 0 Å². The summed E-state index contributed by atoms with van der Waals surface area (Å²) >= 11 is 5.92. The fraction of sp³-hybridized carbons (Fsp3) is 0.235. The van der Waals surface area contributed by atoms with Crippen LogP contribution >= 0.6 is 11.6 Å². The molecule has 2 heterocycles. The zero-order valence-electron chi connectivity index (χ0n) is 12.7. The maximum absolute atomic E-state index is 12.4. The van der Waals surface area contributed by atoms with Crippen LogP contribution in [0.2, 0.25) is 5.02 Å². The second-order valence-corrected chi connectivity index (χ2v) is 5.86. The third kappa shape index (κ3) is 3.49. The number of nitrogens with zero attached hydrogens (tertiary/aromatic N) is 2. The standard InChI is InChI=1S/C17H15ClN2O4/c18-12-5-3-11(4-6-12)14-10-13(15-2-1-9-24-15)19-20(14)16(21)7-8-17(22)23/h1-6,9,14H,7-8,10H2,(H,22,23)/t14-/m0/s1. The van der Waals surface area contributed by atoms with Gasteiger partial charge in [-0.05, 0) is 29.8 Å². The van der Waals surface area contributed by atoms with Crippen molar-refractivity contribution in [3.63, 3.8) is 0 Å². The summed E-state index contributed by atoms with van der Waals surface area (Å²) in [7, 11) is 0. The number of carbonyl (C=O) groups excluding carboxylic acids is 1. The van der Waals surface area contributed by atoms with Crippen molar-refractivity contribution in [3.05, 3.63) is 59.0 Å². The van der Waals surface area contributed by atoms with E-state index in [-0.39, 0.29) is 24.8 Å². The average molecular weight is 347 g/mol. The largest absolute Gasteiger partial charge is 0.481 e. The Kier molecular flexibility index (Phi) is 4.66. The number of carboxylic acids is 1. The van der Waals surface area contributed by atoms with Crippen LogP contribution < -0.4 is 0 Å². The van der Waals surface area contributed by atoms with Gasteiger partial charge in [-0.25, -0.2) is 5.01 Å². The number of hydrogen-bond acceptors (Lipinski definition) is 4. The highest BCUT2D eigenvalue weighted by Gasteiger charge is 2.33. The third-order valence-electron chi connectivity index (χ3n) is 3.78. The summed E-state index contributed by atoms with van der Waals surface area (Å²) in [4.78, 5) is 23.1. The summed E-state index contributed by atoms with van der Waals surface area (Å²) in [6.45, 7) is 0. The molecule has 124 valence electrons. The van der Waals surface area contributed by atoms with Crippen LogP contribution in [-0.2, 0) is 9.59 Å². The molecule has 1 atom stereocenters. The molecule has 0 fully saturated rings. The highest BCUT2D eigenvalue weighted by molar-refractivity contribution is 6.30. The molecule has 1 N–H and O–H groups in total. The molecule has 3 rings (SSSR count). The van der Waals surface area contributed by atoms with Crippen LogP contribution in [0.25, 0.3) is 0 Å². The third-order valence-corrected chi connectivity index (χ3v) is 4.03. The first kappa shape index (κ1) is 16.3. The quantitative estimate of drug-likeness (QED) is 0.898. The Morgan fingerprint density at radius 1 is 1.25 bits per heavy atom. The Morgan fingerprint density at radius 2 is 2.00 bits per heavy atom. The van der Waals surface area contributed by atoms with Crippen molar-refractivity contribution in [2.45, 2.75) is 25.3 Å². The Balaban J connectivity index is 1.87. The number of aliphatic carboxylic acids is 1. The zero-order chi connectivity index (χ0) is 17.1. The fourth-order valence-electron chi connectivity index (χ4n) is 2.60. The molecule has 2 aromatic rings. The van der Waals surface area contributed by atoms with Crippen molar-refractivity contribution < 1.29 is 19.1 Å². The summed E-state index contributed by atoms with van der Waals surface area (Å²) < 4.78 is 5.36. The van der Waals surface area contributed by atoms with E-state index >= 15 is 0 Å². The number of carbonyl (C=O) groups is 2. The lowest BCUT2D eigenvalue weighted by atomic mass is 10.0. The summed E-state index contributed by atoms with van der Waals surface area (Å²) in [5.74, 6) is -0.748. The van der Waals surface area contributed by atoms with E-state index in [0.717, 1.165) is 5.56 Å². The van der Waals surface area contributed by atoms with Crippen LogP contribution in [-0.4, -0.2) is 27.7 Å². The molecule has 7 heteroatoms. The van der Waals surface area contributed by atoms with Crippen LogP contribution in [0.15, 0.2) is 52.2 Å². The van der Waals surface area contributed by atoms with Crippen molar-refractivity contribution in [2.75, 3.05) is 0 Å². The van der Waals surface area contributed by atoms with Gasteiger partial charge in [0.15, 0.2) is 0 Å².